The number of nitrogens with two attached hydrogens (primary N) is 1. The van der Waals surface area contributed by atoms with Crippen molar-refractivity contribution < 1.29 is 25.3 Å². The van der Waals surface area contributed by atoms with Crippen LogP contribution in [0, 0.1) is 17.8 Å². The topological polar surface area (TPSA) is 148 Å². The molecule has 0 radical (unpaired) electrons. The van der Waals surface area contributed by atoms with Gasteiger partial charge in [-0.05, 0) is 41.9 Å². The minimum absolute atomic E-state index is 0.0316. The van der Waals surface area contributed by atoms with Crippen LogP contribution in [0.2, 0.25) is 0 Å². The summed E-state index contributed by atoms with van der Waals surface area (Å²) in [7, 11) is -10.9. The number of hydrogen-bond acceptors (Lipinski definition) is 8. The van der Waals surface area contributed by atoms with Crippen molar-refractivity contribution in [3.8, 4) is 0 Å². The standard InChI is InChI=1S/C22H36N4O6S3/c23-14-18-6-7-24-22(13-18)34(29,30)17-19-12-21(20-4-2-1-3-5-20)16-26(15-19)35(31,32)25-8-10-33(27,28)11-9-25/h6-7,13,19-21H,1-5,8-12,14-17,23H2/t19-,21-/m0/s1. The van der Waals surface area contributed by atoms with E-state index in [-0.39, 0.29) is 60.3 Å². The zero-order chi connectivity index (χ0) is 25.3. The van der Waals surface area contributed by atoms with Crippen LogP contribution >= 0.6 is 0 Å². The van der Waals surface area contributed by atoms with Gasteiger partial charge in [-0.2, -0.15) is 17.0 Å². The van der Waals surface area contributed by atoms with Gasteiger partial charge in [0.1, 0.15) is 0 Å². The van der Waals surface area contributed by atoms with Gasteiger partial charge in [0, 0.05) is 38.9 Å². The first-order valence-corrected chi connectivity index (χ1v) is 17.2. The SMILES string of the molecule is NCc1ccnc(S(=O)(=O)C[C@H]2C[C@H](C3CCCCC3)CN(S(=O)(=O)N3CCS(=O)(=O)CC3)C2)c1. The second kappa shape index (κ2) is 10.7. The van der Waals surface area contributed by atoms with Gasteiger partial charge in [-0.1, -0.05) is 32.1 Å². The number of aromatic nitrogens is 1. The molecule has 10 nitrogen and oxygen atoms in total. The second-order valence-corrected chi connectivity index (χ2v) is 16.3. The van der Waals surface area contributed by atoms with E-state index in [4.69, 9.17) is 5.73 Å². The Balaban J connectivity index is 1.57. The molecule has 0 spiro atoms. The Labute approximate surface area is 209 Å². The van der Waals surface area contributed by atoms with Gasteiger partial charge in [0.05, 0.1) is 17.3 Å². The molecule has 1 aromatic heterocycles. The zero-order valence-corrected chi connectivity index (χ0v) is 22.4. The van der Waals surface area contributed by atoms with Crippen LogP contribution in [0.25, 0.3) is 0 Å². The van der Waals surface area contributed by atoms with Gasteiger partial charge in [-0.15, -0.1) is 0 Å². The van der Waals surface area contributed by atoms with E-state index in [2.05, 4.69) is 4.98 Å². The molecular weight excluding hydrogens is 512 g/mol. The van der Waals surface area contributed by atoms with Gasteiger partial charge in [0.2, 0.25) is 0 Å². The highest BCUT2D eigenvalue weighted by Crippen LogP contribution is 2.38. The summed E-state index contributed by atoms with van der Waals surface area (Å²) in [6, 6.07) is 3.16. The first-order chi connectivity index (χ1) is 16.5. The van der Waals surface area contributed by atoms with E-state index in [9.17, 15) is 25.3 Å². The number of sulfone groups is 2. The smallest absolute Gasteiger partial charge is 0.282 e. The maximum atomic E-state index is 13.5. The lowest BCUT2D eigenvalue weighted by Crippen LogP contribution is -2.55. The summed E-state index contributed by atoms with van der Waals surface area (Å²) in [6.45, 7) is 0.538. The molecular formula is C22H36N4O6S3. The van der Waals surface area contributed by atoms with E-state index in [1.54, 1.807) is 6.07 Å². The van der Waals surface area contributed by atoms with Crippen molar-refractivity contribution in [1.29, 1.82) is 0 Å². The molecule has 0 unspecified atom stereocenters. The molecule has 2 aliphatic heterocycles. The molecule has 0 bridgehead atoms. The summed E-state index contributed by atoms with van der Waals surface area (Å²) in [5, 5.41) is -0.0316. The van der Waals surface area contributed by atoms with Gasteiger partial charge in [-0.3, -0.25) is 0 Å². The summed E-state index contributed by atoms with van der Waals surface area (Å²) >= 11 is 0. The van der Waals surface area contributed by atoms with Crippen molar-refractivity contribution in [3.63, 3.8) is 0 Å². The molecule has 0 amide bonds. The first kappa shape index (κ1) is 26.9. The fourth-order valence-corrected chi connectivity index (χ4v) is 10.5. The van der Waals surface area contributed by atoms with Crippen LogP contribution in [-0.2, 0) is 36.4 Å². The molecule has 198 valence electrons. The molecule has 4 rings (SSSR count). The van der Waals surface area contributed by atoms with Crippen LogP contribution in [0.4, 0.5) is 0 Å². The van der Waals surface area contributed by atoms with Crippen LogP contribution in [-0.4, -0.2) is 82.3 Å². The van der Waals surface area contributed by atoms with Crippen LogP contribution in [0.1, 0.15) is 44.1 Å². The lowest BCUT2D eigenvalue weighted by atomic mass is 9.75. The molecule has 2 atom stereocenters. The number of nitrogens with zero attached hydrogens (tertiary/aromatic N) is 3. The molecule has 3 fully saturated rings. The Hall–Kier alpha value is -1.12. The lowest BCUT2D eigenvalue weighted by Gasteiger charge is -2.43. The zero-order valence-electron chi connectivity index (χ0n) is 20.0. The number of pyridine rings is 1. The summed E-state index contributed by atoms with van der Waals surface area (Å²) in [4.78, 5) is 4.05. The van der Waals surface area contributed by atoms with Gasteiger partial charge in [0.15, 0.2) is 24.7 Å². The Morgan fingerprint density at radius 3 is 2.31 bits per heavy atom. The van der Waals surface area contributed by atoms with Crippen molar-refractivity contribution in [2.45, 2.75) is 50.1 Å². The number of rotatable bonds is 7. The highest BCUT2D eigenvalue weighted by atomic mass is 32.2. The molecule has 13 heteroatoms. The predicted octanol–water partition coefficient (Wildman–Crippen LogP) is 0.808. The first-order valence-electron chi connectivity index (χ1n) is 12.3. The number of hydrogen-bond donors (Lipinski definition) is 1. The van der Waals surface area contributed by atoms with Gasteiger partial charge in [-0.25, -0.2) is 21.8 Å². The van der Waals surface area contributed by atoms with Gasteiger partial charge in [0.25, 0.3) is 10.2 Å². The molecule has 0 aromatic carbocycles. The average Bonchev–Trinajstić information content (AvgIpc) is 2.84. The second-order valence-electron chi connectivity index (χ2n) is 10.1. The van der Waals surface area contributed by atoms with Crippen LogP contribution in [0.3, 0.4) is 0 Å². The highest BCUT2D eigenvalue weighted by molar-refractivity contribution is 7.92. The molecule has 1 saturated carbocycles. The van der Waals surface area contributed by atoms with E-state index in [0.29, 0.717) is 24.4 Å². The third kappa shape index (κ3) is 6.42. The van der Waals surface area contributed by atoms with Crippen molar-refractivity contribution in [2.24, 2.45) is 23.5 Å². The Morgan fingerprint density at radius 2 is 1.66 bits per heavy atom. The maximum absolute atomic E-state index is 13.5. The maximum Gasteiger partial charge on any atom is 0.282 e. The van der Waals surface area contributed by atoms with E-state index in [1.807, 2.05) is 0 Å². The molecule has 3 aliphatic rings. The summed E-state index contributed by atoms with van der Waals surface area (Å²) in [5.41, 5.74) is 6.34. The summed E-state index contributed by atoms with van der Waals surface area (Å²) in [6.07, 6.45) is 7.53. The van der Waals surface area contributed by atoms with E-state index in [1.165, 1.54) is 27.3 Å². The molecule has 1 aliphatic carbocycles. The van der Waals surface area contributed by atoms with E-state index >= 15 is 0 Å². The molecule has 2 N–H and O–H groups in total. The largest absolute Gasteiger partial charge is 0.326 e. The third-order valence-corrected chi connectivity index (χ3v) is 13.0. The summed E-state index contributed by atoms with van der Waals surface area (Å²) < 4.78 is 79.8. The normalized spacial score (nSPS) is 27.6. The minimum atomic E-state index is -3.90. The van der Waals surface area contributed by atoms with Crippen molar-refractivity contribution in [3.05, 3.63) is 23.9 Å². The van der Waals surface area contributed by atoms with Crippen LogP contribution < -0.4 is 5.73 Å². The number of piperidine rings is 1. The predicted molar refractivity (Wildman–Crippen MR) is 133 cm³/mol. The highest BCUT2D eigenvalue weighted by Gasteiger charge is 2.42. The fourth-order valence-electron chi connectivity index (χ4n) is 5.69. The van der Waals surface area contributed by atoms with Gasteiger partial charge >= 0.3 is 0 Å². The van der Waals surface area contributed by atoms with Crippen LogP contribution in [0.15, 0.2) is 23.4 Å². The minimum Gasteiger partial charge on any atom is -0.326 e. The van der Waals surface area contributed by atoms with Crippen LogP contribution in [0.5, 0.6) is 0 Å². The Kier molecular flexibility index (Phi) is 8.23. The molecule has 35 heavy (non-hydrogen) atoms. The van der Waals surface area contributed by atoms with Crippen molar-refractivity contribution in [1.82, 2.24) is 13.6 Å². The Morgan fingerprint density at radius 1 is 0.971 bits per heavy atom. The molecule has 3 heterocycles. The van der Waals surface area contributed by atoms with E-state index in [0.717, 1.165) is 25.7 Å². The lowest BCUT2D eigenvalue weighted by molar-refractivity contribution is 0.128. The van der Waals surface area contributed by atoms with E-state index < -0.39 is 29.9 Å². The molecule has 1 aromatic rings. The van der Waals surface area contributed by atoms with Gasteiger partial charge < -0.3 is 5.73 Å². The monoisotopic (exact) mass is 548 g/mol. The van der Waals surface area contributed by atoms with Crippen molar-refractivity contribution >= 4 is 29.9 Å². The molecule has 2 saturated heterocycles. The quantitative estimate of drug-likeness (QED) is 0.526. The van der Waals surface area contributed by atoms with Crippen molar-refractivity contribution in [2.75, 3.05) is 43.4 Å². The Bertz CT molecular complexity index is 1200. The summed E-state index contributed by atoms with van der Waals surface area (Å²) in [5.74, 6) is -0.478. The average molecular weight is 549 g/mol. The fraction of sp³-hybridized carbons (Fsp3) is 0.773. The third-order valence-electron chi connectivity index (χ3n) is 7.62.